The van der Waals surface area contributed by atoms with E-state index < -0.39 is 5.97 Å². The van der Waals surface area contributed by atoms with Gasteiger partial charge in [0, 0.05) is 22.4 Å². The zero-order valence-electron chi connectivity index (χ0n) is 14.8. The topological polar surface area (TPSA) is 74.7 Å². The summed E-state index contributed by atoms with van der Waals surface area (Å²) in [6.07, 6.45) is 0.0215. The molecule has 2 heterocycles. The van der Waals surface area contributed by atoms with Crippen LogP contribution in [0, 0.1) is 0 Å². The minimum atomic E-state index is -0.502. The number of aromatic nitrogens is 1. The molecule has 0 radical (unpaired) electrons. The quantitative estimate of drug-likeness (QED) is 0.420. The van der Waals surface area contributed by atoms with Crippen molar-refractivity contribution in [1.29, 1.82) is 0 Å². The summed E-state index contributed by atoms with van der Waals surface area (Å²) in [6.45, 7) is -0.358. The fourth-order valence-corrected chi connectivity index (χ4v) is 3.89. The molecule has 0 aliphatic carbocycles. The van der Waals surface area contributed by atoms with Gasteiger partial charge in [-0.3, -0.25) is 9.59 Å². The van der Waals surface area contributed by atoms with E-state index in [4.69, 9.17) is 14.2 Å². The van der Waals surface area contributed by atoms with Crippen molar-refractivity contribution in [3.63, 3.8) is 0 Å². The second kappa shape index (κ2) is 8.79. The van der Waals surface area contributed by atoms with Crippen molar-refractivity contribution in [1.82, 2.24) is 4.98 Å². The number of carbonyl (C=O) groups is 2. The molecule has 0 unspecified atom stereocenters. The van der Waals surface area contributed by atoms with Crippen LogP contribution in [0.15, 0.2) is 40.4 Å². The molecule has 0 fully saturated rings. The van der Waals surface area contributed by atoms with E-state index in [0.29, 0.717) is 22.8 Å². The van der Waals surface area contributed by atoms with Gasteiger partial charge in [-0.2, -0.15) is 11.3 Å². The van der Waals surface area contributed by atoms with Crippen molar-refractivity contribution >= 4 is 34.4 Å². The lowest BCUT2D eigenvalue weighted by molar-refractivity contribution is -0.141. The first-order valence-corrected chi connectivity index (χ1v) is 9.80. The molecule has 6 nitrogen and oxygen atoms in total. The van der Waals surface area contributed by atoms with Crippen LogP contribution in [0.3, 0.4) is 0 Å². The number of hydrogen-bond acceptors (Lipinski definition) is 8. The van der Waals surface area contributed by atoms with Crippen LogP contribution in [0.25, 0.3) is 10.6 Å². The average molecular weight is 403 g/mol. The molecular formula is C19H17NO5S2. The Morgan fingerprint density at radius 3 is 2.67 bits per heavy atom. The highest BCUT2D eigenvalue weighted by atomic mass is 32.1. The fraction of sp³-hybridized carbons (Fsp3) is 0.211. The van der Waals surface area contributed by atoms with Crippen LogP contribution in [0.1, 0.15) is 16.1 Å². The maximum atomic E-state index is 12.3. The Hall–Kier alpha value is -2.71. The molecular weight excluding hydrogens is 386 g/mol. The Labute approximate surface area is 164 Å². The standard InChI is InChI=1S/C19H17NO5S2/c1-23-14-3-4-15(17(8-14)24-2)16(21)9-25-18(22)7-13-11-27-19(20-13)12-5-6-26-10-12/h3-6,8,10-11H,7,9H2,1-2H3. The Morgan fingerprint density at radius 2 is 1.96 bits per heavy atom. The number of benzene rings is 1. The molecule has 0 saturated heterocycles. The molecule has 1 aromatic carbocycles. The number of Topliss-reactive ketones (excluding diaryl/α,β-unsaturated/α-hetero) is 1. The van der Waals surface area contributed by atoms with Gasteiger partial charge in [-0.15, -0.1) is 11.3 Å². The highest BCUT2D eigenvalue weighted by Gasteiger charge is 2.16. The van der Waals surface area contributed by atoms with Crippen molar-refractivity contribution in [3.05, 3.63) is 51.7 Å². The zero-order valence-corrected chi connectivity index (χ0v) is 16.4. The molecule has 0 bridgehead atoms. The number of rotatable bonds is 8. The number of hydrogen-bond donors (Lipinski definition) is 0. The molecule has 3 rings (SSSR count). The first-order chi connectivity index (χ1) is 13.1. The predicted molar refractivity (Wildman–Crippen MR) is 104 cm³/mol. The number of carbonyl (C=O) groups excluding carboxylic acids is 2. The van der Waals surface area contributed by atoms with E-state index in [-0.39, 0.29) is 18.8 Å². The van der Waals surface area contributed by atoms with Gasteiger partial charge in [-0.1, -0.05) is 0 Å². The average Bonchev–Trinajstić information content (AvgIpc) is 3.37. The normalized spacial score (nSPS) is 10.4. The summed E-state index contributed by atoms with van der Waals surface area (Å²) in [4.78, 5) is 28.8. The van der Waals surface area contributed by atoms with Crippen LogP contribution in [0.4, 0.5) is 0 Å². The van der Waals surface area contributed by atoms with Crippen LogP contribution in [0.2, 0.25) is 0 Å². The van der Waals surface area contributed by atoms with Crippen LogP contribution in [-0.4, -0.2) is 37.6 Å². The van der Waals surface area contributed by atoms with Crippen LogP contribution < -0.4 is 9.47 Å². The summed E-state index contributed by atoms with van der Waals surface area (Å²) < 4.78 is 15.4. The van der Waals surface area contributed by atoms with Gasteiger partial charge >= 0.3 is 5.97 Å². The first-order valence-electron chi connectivity index (χ1n) is 7.98. The van der Waals surface area contributed by atoms with Crippen molar-refractivity contribution in [2.24, 2.45) is 0 Å². The second-order valence-electron chi connectivity index (χ2n) is 5.48. The molecule has 2 aromatic heterocycles. The second-order valence-corrected chi connectivity index (χ2v) is 7.12. The molecule has 0 aliphatic rings. The van der Waals surface area contributed by atoms with E-state index in [1.807, 2.05) is 22.2 Å². The van der Waals surface area contributed by atoms with Gasteiger partial charge < -0.3 is 14.2 Å². The Kier molecular flexibility index (Phi) is 6.20. The smallest absolute Gasteiger partial charge is 0.312 e. The summed E-state index contributed by atoms with van der Waals surface area (Å²) in [5.74, 6) is 0.0961. The number of thiophene rings is 1. The Balaban J connectivity index is 1.57. The maximum Gasteiger partial charge on any atom is 0.312 e. The highest BCUT2D eigenvalue weighted by Crippen LogP contribution is 2.26. The van der Waals surface area contributed by atoms with Gasteiger partial charge in [0.05, 0.1) is 31.9 Å². The number of ether oxygens (including phenoxy) is 3. The SMILES string of the molecule is COc1ccc(C(=O)COC(=O)Cc2csc(-c3ccsc3)n2)c(OC)c1. The largest absolute Gasteiger partial charge is 0.497 e. The molecule has 27 heavy (non-hydrogen) atoms. The predicted octanol–water partition coefficient (Wildman–Crippen LogP) is 3.86. The number of methoxy groups -OCH3 is 2. The van der Waals surface area contributed by atoms with Crippen LogP contribution >= 0.6 is 22.7 Å². The highest BCUT2D eigenvalue weighted by molar-refractivity contribution is 7.14. The van der Waals surface area contributed by atoms with Crippen molar-refractivity contribution in [2.45, 2.75) is 6.42 Å². The summed E-state index contributed by atoms with van der Waals surface area (Å²) in [5, 5.41) is 6.66. The lowest BCUT2D eigenvalue weighted by Gasteiger charge is -2.09. The number of esters is 1. The van der Waals surface area contributed by atoms with Gasteiger partial charge in [0.2, 0.25) is 5.78 Å². The maximum absolute atomic E-state index is 12.3. The van der Waals surface area contributed by atoms with Gasteiger partial charge in [0.15, 0.2) is 6.61 Å². The monoisotopic (exact) mass is 403 g/mol. The molecule has 3 aromatic rings. The van der Waals surface area contributed by atoms with Crippen LogP contribution in [0.5, 0.6) is 11.5 Å². The zero-order chi connectivity index (χ0) is 19.2. The van der Waals surface area contributed by atoms with Gasteiger partial charge in [-0.25, -0.2) is 4.98 Å². The van der Waals surface area contributed by atoms with Gasteiger partial charge in [0.25, 0.3) is 0 Å². The van der Waals surface area contributed by atoms with Gasteiger partial charge in [0.1, 0.15) is 16.5 Å². The molecule has 0 N–H and O–H groups in total. The lowest BCUT2D eigenvalue weighted by atomic mass is 10.1. The number of nitrogens with zero attached hydrogens (tertiary/aromatic N) is 1. The summed E-state index contributed by atoms with van der Waals surface area (Å²) in [7, 11) is 2.99. The van der Waals surface area contributed by atoms with Crippen molar-refractivity contribution in [3.8, 4) is 22.1 Å². The molecule has 0 aliphatic heterocycles. The molecule has 0 spiro atoms. The van der Waals surface area contributed by atoms with Crippen molar-refractivity contribution < 1.29 is 23.8 Å². The van der Waals surface area contributed by atoms with E-state index in [2.05, 4.69) is 4.98 Å². The third-order valence-corrected chi connectivity index (χ3v) is 5.34. The lowest BCUT2D eigenvalue weighted by Crippen LogP contribution is -2.16. The molecule has 0 saturated carbocycles. The third-order valence-electron chi connectivity index (χ3n) is 3.72. The third kappa shape index (κ3) is 4.72. The minimum absolute atomic E-state index is 0.0215. The molecule has 140 valence electrons. The van der Waals surface area contributed by atoms with E-state index in [9.17, 15) is 9.59 Å². The summed E-state index contributed by atoms with van der Waals surface area (Å²) in [6, 6.07) is 6.82. The Bertz CT molecular complexity index is 933. The van der Waals surface area contributed by atoms with Crippen LogP contribution in [-0.2, 0) is 16.0 Å². The van der Waals surface area contributed by atoms with Gasteiger partial charge in [-0.05, 0) is 23.6 Å². The number of thiazole rings is 1. The Morgan fingerprint density at radius 1 is 1.11 bits per heavy atom. The number of ketones is 1. The summed E-state index contributed by atoms with van der Waals surface area (Å²) >= 11 is 3.06. The minimum Gasteiger partial charge on any atom is -0.497 e. The van der Waals surface area contributed by atoms with Crippen molar-refractivity contribution in [2.75, 3.05) is 20.8 Å². The van der Waals surface area contributed by atoms with E-state index in [0.717, 1.165) is 10.6 Å². The van der Waals surface area contributed by atoms with E-state index in [1.165, 1.54) is 25.6 Å². The van der Waals surface area contributed by atoms with E-state index >= 15 is 0 Å². The molecule has 8 heteroatoms. The molecule has 0 atom stereocenters. The fourth-order valence-electron chi connectivity index (χ4n) is 2.36. The van der Waals surface area contributed by atoms with E-state index in [1.54, 1.807) is 29.5 Å². The molecule has 0 amide bonds. The summed E-state index contributed by atoms with van der Waals surface area (Å²) in [5.41, 5.74) is 1.99. The first kappa shape index (κ1) is 19.1.